The van der Waals surface area contributed by atoms with Gasteiger partial charge in [0.15, 0.2) is 11.5 Å². The van der Waals surface area contributed by atoms with E-state index in [0.717, 1.165) is 38.2 Å². The largest absolute Gasteiger partial charge is 0.454 e. The lowest BCUT2D eigenvalue weighted by Gasteiger charge is -2.36. The Balaban J connectivity index is 2.01. The fraction of sp³-hybridized carbons (Fsp3) is 0.625. The standard InChI is InChI=1S/C16H23N3O4/c1-11(2)7-13(18-5-3-17-4-6-18)12-8-15-16(23-10-22-15)9-14(12)19(20)21/h8-9,11,13,17H,3-7,10H2,1-2H3/t13-/m0/s1. The molecule has 1 N–H and O–H groups in total. The first-order chi connectivity index (χ1) is 11.1. The van der Waals surface area contributed by atoms with Gasteiger partial charge in [-0.15, -0.1) is 0 Å². The molecule has 0 bridgehead atoms. The predicted molar refractivity (Wildman–Crippen MR) is 85.9 cm³/mol. The molecule has 1 atom stereocenters. The van der Waals surface area contributed by atoms with Crippen molar-refractivity contribution in [2.75, 3.05) is 33.0 Å². The Morgan fingerprint density at radius 2 is 1.91 bits per heavy atom. The van der Waals surface area contributed by atoms with Gasteiger partial charge in [-0.25, -0.2) is 0 Å². The SMILES string of the molecule is CC(C)C[C@@H](c1cc2c(cc1[N+](=O)[O-])OCO2)N1CCNCC1. The van der Waals surface area contributed by atoms with Crippen LogP contribution in [0.1, 0.15) is 31.9 Å². The van der Waals surface area contributed by atoms with Crippen molar-refractivity contribution in [2.24, 2.45) is 5.92 Å². The predicted octanol–water partition coefficient (Wildman–Crippen LogP) is 2.32. The molecule has 1 aromatic rings. The minimum atomic E-state index is -0.313. The van der Waals surface area contributed by atoms with Crippen LogP contribution in [0.25, 0.3) is 0 Å². The van der Waals surface area contributed by atoms with Gasteiger partial charge in [0.2, 0.25) is 6.79 Å². The third kappa shape index (κ3) is 3.40. The molecule has 2 aliphatic rings. The molecule has 0 unspecified atom stereocenters. The van der Waals surface area contributed by atoms with E-state index in [1.54, 1.807) is 6.07 Å². The second-order valence-corrected chi connectivity index (χ2v) is 6.45. The molecule has 7 nitrogen and oxygen atoms in total. The van der Waals surface area contributed by atoms with Crippen LogP contribution in [0.5, 0.6) is 11.5 Å². The van der Waals surface area contributed by atoms with Gasteiger partial charge in [0, 0.05) is 32.2 Å². The van der Waals surface area contributed by atoms with E-state index >= 15 is 0 Å². The zero-order chi connectivity index (χ0) is 16.4. The highest BCUT2D eigenvalue weighted by Crippen LogP contribution is 2.43. The van der Waals surface area contributed by atoms with Crippen molar-refractivity contribution >= 4 is 5.69 Å². The van der Waals surface area contributed by atoms with Crippen molar-refractivity contribution in [1.29, 1.82) is 0 Å². The lowest BCUT2D eigenvalue weighted by atomic mass is 9.93. The van der Waals surface area contributed by atoms with Crippen molar-refractivity contribution in [2.45, 2.75) is 26.3 Å². The van der Waals surface area contributed by atoms with Gasteiger partial charge >= 0.3 is 0 Å². The highest BCUT2D eigenvalue weighted by Gasteiger charge is 2.32. The summed E-state index contributed by atoms with van der Waals surface area (Å²) < 4.78 is 10.7. The molecule has 126 valence electrons. The molecule has 0 radical (unpaired) electrons. The number of fused-ring (bicyclic) bond motifs is 1. The van der Waals surface area contributed by atoms with Crippen LogP contribution in [0.4, 0.5) is 5.69 Å². The zero-order valence-electron chi connectivity index (χ0n) is 13.6. The van der Waals surface area contributed by atoms with Crippen LogP contribution in [0.2, 0.25) is 0 Å². The van der Waals surface area contributed by atoms with Crippen LogP contribution in [-0.4, -0.2) is 42.8 Å². The zero-order valence-corrected chi connectivity index (χ0v) is 13.6. The third-order valence-electron chi connectivity index (χ3n) is 4.36. The first-order valence-electron chi connectivity index (χ1n) is 8.09. The number of piperazine rings is 1. The normalized spacial score (nSPS) is 19.1. The van der Waals surface area contributed by atoms with E-state index in [2.05, 4.69) is 24.1 Å². The third-order valence-corrected chi connectivity index (χ3v) is 4.36. The van der Waals surface area contributed by atoms with Gasteiger partial charge < -0.3 is 14.8 Å². The number of rotatable bonds is 5. The fourth-order valence-electron chi connectivity index (χ4n) is 3.29. The van der Waals surface area contributed by atoms with Gasteiger partial charge in [0.25, 0.3) is 5.69 Å². The molecule has 1 aromatic carbocycles. The van der Waals surface area contributed by atoms with E-state index in [1.807, 2.05) is 0 Å². The fourth-order valence-corrected chi connectivity index (χ4v) is 3.29. The molecule has 2 heterocycles. The van der Waals surface area contributed by atoms with Crippen LogP contribution in [0.15, 0.2) is 12.1 Å². The van der Waals surface area contributed by atoms with Crippen LogP contribution in [0.3, 0.4) is 0 Å². The summed E-state index contributed by atoms with van der Waals surface area (Å²) in [6.07, 6.45) is 0.875. The lowest BCUT2D eigenvalue weighted by Crippen LogP contribution is -2.45. The monoisotopic (exact) mass is 321 g/mol. The van der Waals surface area contributed by atoms with E-state index in [9.17, 15) is 10.1 Å². The van der Waals surface area contributed by atoms with Gasteiger partial charge in [-0.3, -0.25) is 15.0 Å². The Bertz CT molecular complexity index is 585. The Hall–Kier alpha value is -1.86. The minimum Gasteiger partial charge on any atom is -0.454 e. The number of ether oxygens (including phenoxy) is 2. The van der Waals surface area contributed by atoms with Gasteiger partial charge in [0.1, 0.15) is 0 Å². The van der Waals surface area contributed by atoms with E-state index in [4.69, 9.17) is 9.47 Å². The number of nitrogens with one attached hydrogen (secondary N) is 1. The summed E-state index contributed by atoms with van der Waals surface area (Å²) in [7, 11) is 0. The van der Waals surface area contributed by atoms with Crippen LogP contribution in [0, 0.1) is 16.0 Å². The molecule has 0 aromatic heterocycles. The first-order valence-corrected chi connectivity index (χ1v) is 8.09. The Kier molecular flexibility index (Phi) is 4.68. The summed E-state index contributed by atoms with van der Waals surface area (Å²) in [5.74, 6) is 1.51. The van der Waals surface area contributed by atoms with Gasteiger partial charge in [-0.05, 0) is 18.4 Å². The average Bonchev–Trinajstić information content (AvgIpc) is 2.99. The summed E-state index contributed by atoms with van der Waals surface area (Å²) in [6.45, 7) is 8.02. The van der Waals surface area contributed by atoms with Crippen LogP contribution in [-0.2, 0) is 0 Å². The molecule has 3 rings (SSSR count). The number of hydrogen-bond donors (Lipinski definition) is 1. The Morgan fingerprint density at radius 3 is 2.52 bits per heavy atom. The van der Waals surface area contributed by atoms with Crippen molar-refractivity contribution in [3.05, 3.63) is 27.8 Å². The second-order valence-electron chi connectivity index (χ2n) is 6.45. The van der Waals surface area contributed by atoms with E-state index in [-0.39, 0.29) is 23.4 Å². The Morgan fingerprint density at radius 1 is 1.26 bits per heavy atom. The van der Waals surface area contributed by atoms with Crippen molar-refractivity contribution < 1.29 is 14.4 Å². The summed E-state index contributed by atoms with van der Waals surface area (Å²) >= 11 is 0. The van der Waals surface area contributed by atoms with Gasteiger partial charge in [-0.1, -0.05) is 13.8 Å². The lowest BCUT2D eigenvalue weighted by molar-refractivity contribution is -0.386. The van der Waals surface area contributed by atoms with Crippen molar-refractivity contribution in [3.63, 3.8) is 0 Å². The molecule has 23 heavy (non-hydrogen) atoms. The van der Waals surface area contributed by atoms with E-state index < -0.39 is 0 Å². The molecule has 0 spiro atoms. The average molecular weight is 321 g/mol. The number of benzene rings is 1. The van der Waals surface area contributed by atoms with Crippen molar-refractivity contribution in [3.8, 4) is 11.5 Å². The van der Waals surface area contributed by atoms with E-state index in [0.29, 0.717) is 17.4 Å². The van der Waals surface area contributed by atoms with Crippen LogP contribution >= 0.6 is 0 Å². The maximum absolute atomic E-state index is 11.6. The molecule has 1 fully saturated rings. The highest BCUT2D eigenvalue weighted by atomic mass is 16.7. The summed E-state index contributed by atoms with van der Waals surface area (Å²) in [5, 5.41) is 14.9. The highest BCUT2D eigenvalue weighted by molar-refractivity contribution is 5.56. The quantitative estimate of drug-likeness (QED) is 0.662. The minimum absolute atomic E-state index is 0.0204. The second kappa shape index (κ2) is 6.72. The molecule has 2 aliphatic heterocycles. The van der Waals surface area contributed by atoms with Gasteiger partial charge in [0.05, 0.1) is 16.6 Å². The van der Waals surface area contributed by atoms with Crippen molar-refractivity contribution in [1.82, 2.24) is 10.2 Å². The number of hydrogen-bond acceptors (Lipinski definition) is 6. The molecule has 1 saturated heterocycles. The summed E-state index contributed by atoms with van der Waals surface area (Å²) in [5.41, 5.74) is 0.855. The maximum atomic E-state index is 11.6. The molecular formula is C16H23N3O4. The summed E-state index contributed by atoms with van der Waals surface area (Å²) in [6, 6.07) is 3.33. The number of nitrogens with zero attached hydrogens (tertiary/aromatic N) is 2. The molecule has 7 heteroatoms. The molecular weight excluding hydrogens is 298 g/mol. The molecule has 0 aliphatic carbocycles. The van der Waals surface area contributed by atoms with E-state index in [1.165, 1.54) is 6.07 Å². The number of nitro groups is 1. The first kappa shape index (κ1) is 16.0. The van der Waals surface area contributed by atoms with Gasteiger partial charge in [-0.2, -0.15) is 0 Å². The summed E-state index contributed by atoms with van der Waals surface area (Å²) in [4.78, 5) is 13.6. The maximum Gasteiger partial charge on any atom is 0.278 e. The smallest absolute Gasteiger partial charge is 0.278 e. The Labute approximate surface area is 135 Å². The number of nitro benzene ring substituents is 1. The topological polar surface area (TPSA) is 76.9 Å². The van der Waals surface area contributed by atoms with Crippen LogP contribution < -0.4 is 14.8 Å². The molecule has 0 amide bonds. The molecule has 0 saturated carbocycles.